The fourth-order valence-electron chi connectivity index (χ4n) is 2.06. The lowest BCUT2D eigenvalue weighted by molar-refractivity contribution is 0.0568. The van der Waals surface area contributed by atoms with Crippen LogP contribution in [-0.2, 0) is 4.74 Å². The molecule has 5 heteroatoms. The molecule has 0 fully saturated rings. The van der Waals surface area contributed by atoms with E-state index in [1.165, 1.54) is 0 Å². The zero-order valence-electron chi connectivity index (χ0n) is 14.8. The Morgan fingerprint density at radius 2 is 2.00 bits per heavy atom. The summed E-state index contributed by atoms with van der Waals surface area (Å²) in [7, 11) is -1.44. The Morgan fingerprint density at radius 3 is 2.61 bits per heavy atom. The van der Waals surface area contributed by atoms with Crippen LogP contribution in [0.15, 0.2) is 18.2 Å². The molecule has 23 heavy (non-hydrogen) atoms. The first-order valence-electron chi connectivity index (χ1n) is 7.86. The molecule has 1 amide bonds. The van der Waals surface area contributed by atoms with Crippen LogP contribution in [0.25, 0.3) is 0 Å². The van der Waals surface area contributed by atoms with Gasteiger partial charge in [-0.25, -0.2) is 4.79 Å². The second kappa shape index (κ2) is 6.29. The minimum Gasteiger partial charge on any atom is -0.490 e. The van der Waals surface area contributed by atoms with Crippen molar-refractivity contribution in [3.8, 4) is 17.2 Å². The SMILES string of the molecule is CC(C)(C)OC(=O)N1CCOc2ccc(C#C[Si](C)(C)C)cc21. The van der Waals surface area contributed by atoms with Crippen molar-refractivity contribution < 1.29 is 14.3 Å². The Kier molecular flexibility index (Phi) is 4.76. The summed E-state index contributed by atoms with van der Waals surface area (Å²) >= 11 is 0. The normalized spacial score (nSPS) is 14.3. The third-order valence-electron chi connectivity index (χ3n) is 3.02. The number of carbonyl (C=O) groups excluding carboxylic acids is 1. The second-order valence-corrected chi connectivity index (χ2v) is 12.4. The molecule has 124 valence electrons. The lowest BCUT2D eigenvalue weighted by Gasteiger charge is -2.31. The van der Waals surface area contributed by atoms with Gasteiger partial charge >= 0.3 is 6.09 Å². The van der Waals surface area contributed by atoms with E-state index in [0.717, 1.165) is 11.3 Å². The van der Waals surface area contributed by atoms with Gasteiger partial charge in [0.1, 0.15) is 26.0 Å². The summed E-state index contributed by atoms with van der Waals surface area (Å²) < 4.78 is 11.1. The number of ether oxygens (including phenoxy) is 2. The number of anilines is 1. The first kappa shape index (κ1) is 17.4. The van der Waals surface area contributed by atoms with E-state index in [4.69, 9.17) is 9.47 Å². The summed E-state index contributed by atoms with van der Waals surface area (Å²) in [5, 5.41) is 0. The molecule has 1 heterocycles. The Morgan fingerprint density at radius 1 is 1.30 bits per heavy atom. The summed E-state index contributed by atoms with van der Waals surface area (Å²) in [6.45, 7) is 13.1. The predicted molar refractivity (Wildman–Crippen MR) is 95.7 cm³/mol. The number of benzene rings is 1. The first-order valence-corrected chi connectivity index (χ1v) is 11.4. The Labute approximate surface area is 139 Å². The molecular formula is C18H25NO3Si. The topological polar surface area (TPSA) is 38.8 Å². The molecule has 1 aromatic rings. The van der Waals surface area contributed by atoms with Crippen LogP contribution in [0.2, 0.25) is 19.6 Å². The van der Waals surface area contributed by atoms with E-state index in [1.807, 2.05) is 39.0 Å². The number of hydrogen-bond acceptors (Lipinski definition) is 3. The van der Waals surface area contributed by atoms with Crippen molar-refractivity contribution in [3.05, 3.63) is 23.8 Å². The summed E-state index contributed by atoms with van der Waals surface area (Å²) in [5.41, 5.74) is 4.44. The number of hydrogen-bond donors (Lipinski definition) is 0. The number of nitrogens with zero attached hydrogens (tertiary/aromatic N) is 1. The van der Waals surface area contributed by atoms with Crippen LogP contribution in [0.4, 0.5) is 10.5 Å². The van der Waals surface area contributed by atoms with Crippen molar-refractivity contribution in [1.29, 1.82) is 0 Å². The van der Waals surface area contributed by atoms with Crippen molar-refractivity contribution in [2.45, 2.75) is 46.0 Å². The highest BCUT2D eigenvalue weighted by Crippen LogP contribution is 2.33. The van der Waals surface area contributed by atoms with Crippen molar-refractivity contribution in [1.82, 2.24) is 0 Å². The van der Waals surface area contributed by atoms with E-state index < -0.39 is 13.7 Å². The van der Waals surface area contributed by atoms with Crippen molar-refractivity contribution in [2.75, 3.05) is 18.1 Å². The fraction of sp³-hybridized carbons (Fsp3) is 0.500. The molecule has 0 aliphatic carbocycles. The molecule has 1 aromatic carbocycles. The molecule has 0 aromatic heterocycles. The molecule has 2 rings (SSSR count). The zero-order valence-corrected chi connectivity index (χ0v) is 15.8. The van der Waals surface area contributed by atoms with Gasteiger partial charge in [-0.2, -0.15) is 0 Å². The maximum absolute atomic E-state index is 12.4. The standard InChI is InChI=1S/C18H25NO3Si/c1-18(2,3)22-17(20)19-10-11-21-16-8-7-14(13-15(16)19)9-12-23(4,5)6/h7-8,13H,10-11H2,1-6H3. The lowest BCUT2D eigenvalue weighted by atomic mass is 10.1. The van der Waals surface area contributed by atoms with Crippen molar-refractivity contribution in [3.63, 3.8) is 0 Å². The molecule has 0 radical (unpaired) electrons. The van der Waals surface area contributed by atoms with Crippen LogP contribution in [0.1, 0.15) is 26.3 Å². The van der Waals surface area contributed by atoms with Gasteiger partial charge in [-0.05, 0) is 39.0 Å². The molecule has 0 spiro atoms. The van der Waals surface area contributed by atoms with Gasteiger partial charge in [0.05, 0.1) is 12.2 Å². The van der Waals surface area contributed by atoms with E-state index >= 15 is 0 Å². The smallest absolute Gasteiger partial charge is 0.415 e. The average Bonchev–Trinajstić information content (AvgIpc) is 2.41. The number of rotatable bonds is 0. The molecule has 0 N–H and O–H groups in total. The van der Waals surface area contributed by atoms with Crippen molar-refractivity contribution >= 4 is 19.9 Å². The van der Waals surface area contributed by atoms with Gasteiger partial charge in [-0.1, -0.05) is 25.6 Å². The molecule has 1 aliphatic rings. The highest BCUT2D eigenvalue weighted by molar-refractivity contribution is 6.83. The molecule has 4 nitrogen and oxygen atoms in total. The van der Waals surface area contributed by atoms with E-state index in [2.05, 4.69) is 31.1 Å². The summed E-state index contributed by atoms with van der Waals surface area (Å²) in [4.78, 5) is 14.1. The van der Waals surface area contributed by atoms with Crippen LogP contribution >= 0.6 is 0 Å². The molecule has 0 saturated carbocycles. The third-order valence-corrected chi connectivity index (χ3v) is 3.89. The second-order valence-electron chi connectivity index (χ2n) is 7.66. The van der Waals surface area contributed by atoms with Crippen LogP contribution in [-0.4, -0.2) is 32.9 Å². The number of amides is 1. The molecular weight excluding hydrogens is 306 g/mol. The van der Waals surface area contributed by atoms with Gasteiger partial charge in [0.2, 0.25) is 0 Å². The number of carbonyl (C=O) groups is 1. The van der Waals surface area contributed by atoms with Gasteiger partial charge in [0, 0.05) is 5.56 Å². The van der Waals surface area contributed by atoms with Crippen LogP contribution in [0.5, 0.6) is 5.75 Å². The predicted octanol–water partition coefficient (Wildman–Crippen LogP) is 4.05. The van der Waals surface area contributed by atoms with Crippen LogP contribution < -0.4 is 9.64 Å². The fourth-order valence-corrected chi connectivity index (χ4v) is 2.58. The van der Waals surface area contributed by atoms with E-state index in [1.54, 1.807) is 4.90 Å². The molecule has 0 bridgehead atoms. The van der Waals surface area contributed by atoms with Crippen LogP contribution in [0.3, 0.4) is 0 Å². The largest absolute Gasteiger partial charge is 0.490 e. The molecule has 0 saturated heterocycles. The van der Waals surface area contributed by atoms with Crippen molar-refractivity contribution in [2.24, 2.45) is 0 Å². The van der Waals surface area contributed by atoms with E-state index in [0.29, 0.717) is 18.9 Å². The number of fused-ring (bicyclic) bond motifs is 1. The van der Waals surface area contributed by atoms with E-state index in [9.17, 15) is 4.79 Å². The average molecular weight is 331 g/mol. The quantitative estimate of drug-likeness (QED) is 0.532. The maximum atomic E-state index is 12.4. The first-order chi connectivity index (χ1) is 10.6. The Balaban J connectivity index is 2.32. The van der Waals surface area contributed by atoms with Gasteiger partial charge in [-0.3, -0.25) is 4.90 Å². The van der Waals surface area contributed by atoms with Gasteiger partial charge in [-0.15, -0.1) is 5.54 Å². The maximum Gasteiger partial charge on any atom is 0.415 e. The molecule has 0 unspecified atom stereocenters. The molecule has 0 atom stereocenters. The van der Waals surface area contributed by atoms with Gasteiger partial charge < -0.3 is 9.47 Å². The highest BCUT2D eigenvalue weighted by Gasteiger charge is 2.28. The third kappa shape index (κ3) is 5.04. The molecule has 1 aliphatic heterocycles. The lowest BCUT2D eigenvalue weighted by Crippen LogP contribution is -2.41. The Bertz CT molecular complexity index is 660. The zero-order chi connectivity index (χ0) is 17.3. The van der Waals surface area contributed by atoms with Crippen LogP contribution in [0, 0.1) is 11.5 Å². The summed E-state index contributed by atoms with van der Waals surface area (Å²) in [6.07, 6.45) is -0.350. The minimum atomic E-state index is -1.44. The van der Waals surface area contributed by atoms with Gasteiger partial charge in [0.25, 0.3) is 0 Å². The summed E-state index contributed by atoms with van der Waals surface area (Å²) in [6, 6.07) is 5.72. The summed E-state index contributed by atoms with van der Waals surface area (Å²) in [5.74, 6) is 3.91. The Hall–Kier alpha value is -1.93. The monoisotopic (exact) mass is 331 g/mol. The van der Waals surface area contributed by atoms with Gasteiger partial charge in [0.15, 0.2) is 0 Å². The van der Waals surface area contributed by atoms with E-state index in [-0.39, 0.29) is 6.09 Å². The highest BCUT2D eigenvalue weighted by atomic mass is 28.3. The minimum absolute atomic E-state index is 0.350.